The minimum Gasteiger partial charge on any atom is -0.344 e. The molecular formula is C15H21N3. The molecule has 3 nitrogen and oxygen atoms in total. The second-order valence-electron chi connectivity index (χ2n) is 5.55. The molecule has 0 saturated heterocycles. The second kappa shape index (κ2) is 5.36. The summed E-state index contributed by atoms with van der Waals surface area (Å²) in [5.41, 5.74) is 2.52. The zero-order valence-electron chi connectivity index (χ0n) is 11.4. The molecule has 2 heterocycles. The van der Waals surface area contributed by atoms with E-state index >= 15 is 0 Å². The summed E-state index contributed by atoms with van der Waals surface area (Å²) in [5, 5.41) is 3.51. The van der Waals surface area contributed by atoms with Gasteiger partial charge in [-0.25, -0.2) is 0 Å². The van der Waals surface area contributed by atoms with Crippen molar-refractivity contribution in [3.05, 3.63) is 54.1 Å². The highest BCUT2D eigenvalue weighted by Gasteiger charge is 2.10. The molecule has 2 rings (SSSR count). The largest absolute Gasteiger partial charge is 0.344 e. The van der Waals surface area contributed by atoms with Crippen LogP contribution in [0.4, 0.5) is 0 Å². The van der Waals surface area contributed by atoms with Crippen LogP contribution in [-0.4, -0.2) is 15.1 Å². The molecule has 0 unspecified atom stereocenters. The minimum absolute atomic E-state index is 0.139. The summed E-state index contributed by atoms with van der Waals surface area (Å²) in [5.74, 6) is 0. The normalized spacial score (nSPS) is 11.7. The van der Waals surface area contributed by atoms with Crippen LogP contribution >= 0.6 is 0 Å². The Morgan fingerprint density at radius 1 is 1.17 bits per heavy atom. The molecule has 2 aromatic rings. The fourth-order valence-corrected chi connectivity index (χ4v) is 1.79. The fourth-order valence-electron chi connectivity index (χ4n) is 1.79. The quantitative estimate of drug-likeness (QED) is 0.895. The van der Waals surface area contributed by atoms with Crippen LogP contribution in [0, 0.1) is 0 Å². The van der Waals surface area contributed by atoms with Crippen molar-refractivity contribution in [2.45, 2.75) is 39.4 Å². The lowest BCUT2D eigenvalue weighted by atomic mass is 10.1. The number of aromatic nitrogens is 2. The fraction of sp³-hybridized carbons (Fsp3) is 0.400. The first kappa shape index (κ1) is 12.8. The van der Waals surface area contributed by atoms with Crippen LogP contribution < -0.4 is 5.32 Å². The van der Waals surface area contributed by atoms with Crippen molar-refractivity contribution in [1.29, 1.82) is 0 Å². The molecule has 0 amide bonds. The van der Waals surface area contributed by atoms with Crippen molar-refractivity contribution in [2.75, 3.05) is 0 Å². The molecule has 96 valence electrons. The van der Waals surface area contributed by atoms with Crippen molar-refractivity contribution >= 4 is 0 Å². The van der Waals surface area contributed by atoms with E-state index in [2.05, 4.69) is 60.0 Å². The van der Waals surface area contributed by atoms with Gasteiger partial charge in [-0.15, -0.1) is 0 Å². The summed E-state index contributed by atoms with van der Waals surface area (Å²) >= 11 is 0. The van der Waals surface area contributed by atoms with Crippen molar-refractivity contribution in [1.82, 2.24) is 14.9 Å². The van der Waals surface area contributed by atoms with Gasteiger partial charge >= 0.3 is 0 Å². The molecule has 0 atom stereocenters. The third-order valence-corrected chi connectivity index (χ3v) is 2.78. The smallest absolute Gasteiger partial charge is 0.0645 e. The minimum atomic E-state index is 0.139. The van der Waals surface area contributed by atoms with E-state index in [1.54, 1.807) is 0 Å². The zero-order chi connectivity index (χ0) is 13.0. The average Bonchev–Trinajstić information content (AvgIpc) is 2.74. The van der Waals surface area contributed by atoms with E-state index in [1.807, 2.05) is 18.3 Å². The lowest BCUT2D eigenvalue weighted by Gasteiger charge is -2.21. The lowest BCUT2D eigenvalue weighted by molar-refractivity contribution is 0.416. The van der Waals surface area contributed by atoms with Crippen LogP contribution in [0.5, 0.6) is 0 Å². The predicted octanol–water partition coefficient (Wildman–Crippen LogP) is 2.82. The van der Waals surface area contributed by atoms with Crippen LogP contribution in [0.25, 0.3) is 0 Å². The van der Waals surface area contributed by atoms with Gasteiger partial charge in [0, 0.05) is 30.2 Å². The van der Waals surface area contributed by atoms with Crippen LogP contribution in [0.15, 0.2) is 42.7 Å². The maximum Gasteiger partial charge on any atom is 0.0645 e. The van der Waals surface area contributed by atoms with Gasteiger partial charge in [0.2, 0.25) is 0 Å². The Balaban J connectivity index is 2.04. The molecule has 18 heavy (non-hydrogen) atoms. The Kier molecular flexibility index (Phi) is 3.82. The molecule has 0 aliphatic carbocycles. The third kappa shape index (κ3) is 3.70. The van der Waals surface area contributed by atoms with Crippen molar-refractivity contribution < 1.29 is 0 Å². The molecule has 0 radical (unpaired) electrons. The van der Waals surface area contributed by atoms with Gasteiger partial charge in [-0.1, -0.05) is 6.07 Å². The first-order chi connectivity index (χ1) is 8.54. The number of rotatable bonds is 4. The Bertz CT molecular complexity index is 480. The molecule has 0 saturated carbocycles. The van der Waals surface area contributed by atoms with Crippen molar-refractivity contribution in [3.8, 4) is 0 Å². The van der Waals surface area contributed by atoms with Crippen molar-refractivity contribution in [2.24, 2.45) is 0 Å². The van der Waals surface area contributed by atoms with Gasteiger partial charge in [0.15, 0.2) is 0 Å². The predicted molar refractivity (Wildman–Crippen MR) is 74.4 cm³/mol. The number of hydrogen-bond donors (Lipinski definition) is 1. The average molecular weight is 243 g/mol. The molecule has 2 aromatic heterocycles. The van der Waals surface area contributed by atoms with Crippen LogP contribution in [0.3, 0.4) is 0 Å². The molecule has 0 aliphatic rings. The van der Waals surface area contributed by atoms with Crippen LogP contribution in [0.1, 0.15) is 32.2 Å². The molecule has 0 aliphatic heterocycles. The number of nitrogens with zero attached hydrogens (tertiary/aromatic N) is 2. The Hall–Kier alpha value is -1.61. The number of pyridine rings is 1. The van der Waals surface area contributed by atoms with Gasteiger partial charge in [0.1, 0.15) is 0 Å². The summed E-state index contributed by atoms with van der Waals surface area (Å²) in [7, 11) is 0. The summed E-state index contributed by atoms with van der Waals surface area (Å²) < 4.78 is 2.24. The highest BCUT2D eigenvalue weighted by atomic mass is 15.0. The van der Waals surface area contributed by atoms with E-state index < -0.39 is 0 Å². The number of nitrogens with one attached hydrogen (secondary N) is 1. The third-order valence-electron chi connectivity index (χ3n) is 2.78. The summed E-state index contributed by atoms with van der Waals surface area (Å²) in [6, 6.07) is 10.3. The van der Waals surface area contributed by atoms with Crippen molar-refractivity contribution in [3.63, 3.8) is 0 Å². The van der Waals surface area contributed by atoms with E-state index in [0.717, 1.165) is 18.8 Å². The summed E-state index contributed by atoms with van der Waals surface area (Å²) in [6.07, 6.45) is 3.94. The monoisotopic (exact) mass is 243 g/mol. The van der Waals surface area contributed by atoms with Crippen LogP contribution in [-0.2, 0) is 13.1 Å². The molecule has 0 spiro atoms. The maximum absolute atomic E-state index is 4.36. The molecule has 3 heteroatoms. The lowest BCUT2D eigenvalue weighted by Crippen LogP contribution is -2.35. The maximum atomic E-state index is 4.36. The molecular weight excluding hydrogens is 222 g/mol. The van der Waals surface area contributed by atoms with E-state index in [-0.39, 0.29) is 5.54 Å². The zero-order valence-corrected chi connectivity index (χ0v) is 11.4. The second-order valence-corrected chi connectivity index (χ2v) is 5.55. The standard InChI is InChI=1S/C15H21N3/c1-15(2,3)17-11-14-8-6-10-18(14)12-13-7-4-5-9-16-13/h4-10,17H,11-12H2,1-3H3. The Morgan fingerprint density at radius 2 is 2.00 bits per heavy atom. The van der Waals surface area contributed by atoms with E-state index in [0.29, 0.717) is 0 Å². The van der Waals surface area contributed by atoms with E-state index in [1.165, 1.54) is 5.69 Å². The SMILES string of the molecule is CC(C)(C)NCc1cccn1Cc1ccccn1. The summed E-state index contributed by atoms with van der Waals surface area (Å²) in [6.45, 7) is 8.25. The summed E-state index contributed by atoms with van der Waals surface area (Å²) in [4.78, 5) is 4.36. The van der Waals surface area contributed by atoms with Crippen LogP contribution in [0.2, 0.25) is 0 Å². The van der Waals surface area contributed by atoms with E-state index in [9.17, 15) is 0 Å². The highest BCUT2D eigenvalue weighted by Crippen LogP contribution is 2.08. The molecule has 0 bridgehead atoms. The molecule has 0 aromatic carbocycles. The van der Waals surface area contributed by atoms with Gasteiger partial charge in [0.05, 0.1) is 12.2 Å². The van der Waals surface area contributed by atoms with Gasteiger partial charge in [0.25, 0.3) is 0 Å². The van der Waals surface area contributed by atoms with Gasteiger partial charge in [-0.3, -0.25) is 4.98 Å². The Morgan fingerprint density at radius 3 is 2.67 bits per heavy atom. The topological polar surface area (TPSA) is 29.9 Å². The number of hydrogen-bond acceptors (Lipinski definition) is 2. The first-order valence-corrected chi connectivity index (χ1v) is 6.33. The molecule has 1 N–H and O–H groups in total. The van der Waals surface area contributed by atoms with Gasteiger partial charge < -0.3 is 9.88 Å². The van der Waals surface area contributed by atoms with E-state index in [4.69, 9.17) is 0 Å². The highest BCUT2D eigenvalue weighted by molar-refractivity contribution is 5.11. The van der Waals surface area contributed by atoms with Gasteiger partial charge in [-0.2, -0.15) is 0 Å². The first-order valence-electron chi connectivity index (χ1n) is 6.33. The molecule has 0 fully saturated rings. The van der Waals surface area contributed by atoms with Gasteiger partial charge in [-0.05, 0) is 45.0 Å². The Labute approximate surface area is 109 Å².